The van der Waals surface area contributed by atoms with Gasteiger partial charge in [0.05, 0.1) is 13.2 Å². The number of unbranched alkanes of at least 4 members (excludes halogenated alkanes) is 9. The fourth-order valence-corrected chi connectivity index (χ4v) is 3.84. The molecule has 0 aromatic heterocycles. The minimum absolute atomic E-state index is 0.285. The molecule has 0 amide bonds. The third-order valence-corrected chi connectivity index (χ3v) is 5.45. The van der Waals surface area contributed by atoms with E-state index >= 15 is 0 Å². The number of aliphatic hydroxyl groups is 1. The van der Waals surface area contributed by atoms with Gasteiger partial charge in [0.2, 0.25) is 0 Å². The van der Waals surface area contributed by atoms with Gasteiger partial charge in [0.25, 0.3) is 0 Å². The highest BCUT2D eigenvalue weighted by Gasteiger charge is 2.24. The van der Waals surface area contributed by atoms with E-state index in [1.165, 1.54) is 96.3 Å². The Morgan fingerprint density at radius 1 is 0.840 bits per heavy atom. The highest BCUT2D eigenvalue weighted by atomic mass is 16.7. The molecule has 0 radical (unpaired) electrons. The lowest BCUT2D eigenvalue weighted by molar-refractivity contribution is -0.257. The summed E-state index contributed by atoms with van der Waals surface area (Å²) < 4.78 is 9.81. The molecule has 0 aromatic rings. The normalized spacial score (nSPS) is 24.1. The summed E-state index contributed by atoms with van der Waals surface area (Å²) in [6.07, 6.45) is 22.4. The lowest BCUT2D eigenvalue weighted by Gasteiger charge is -2.27. The Morgan fingerprint density at radius 3 is 1.84 bits per heavy atom. The molecule has 1 N–H and O–H groups in total. The van der Waals surface area contributed by atoms with Gasteiger partial charge < -0.3 is 14.6 Å². The predicted molar refractivity (Wildman–Crippen MR) is 106 cm³/mol. The Kier molecular flexibility index (Phi) is 13.7. The second kappa shape index (κ2) is 15.0. The number of rotatable bonds is 11. The van der Waals surface area contributed by atoms with Crippen molar-refractivity contribution in [2.24, 2.45) is 5.92 Å². The maximum atomic E-state index is 9.03. The van der Waals surface area contributed by atoms with Gasteiger partial charge >= 0.3 is 0 Å². The van der Waals surface area contributed by atoms with Gasteiger partial charge in [0, 0.05) is 0 Å². The van der Waals surface area contributed by atoms with Gasteiger partial charge in [0.15, 0.2) is 5.79 Å². The van der Waals surface area contributed by atoms with Crippen LogP contribution in [0.3, 0.4) is 0 Å². The third kappa shape index (κ3) is 13.7. The highest BCUT2D eigenvalue weighted by Crippen LogP contribution is 2.29. The summed E-state index contributed by atoms with van der Waals surface area (Å²) in [5.41, 5.74) is 0. The van der Waals surface area contributed by atoms with E-state index in [1.54, 1.807) is 6.92 Å². The van der Waals surface area contributed by atoms with Crippen LogP contribution >= 0.6 is 0 Å². The lowest BCUT2D eigenvalue weighted by Crippen LogP contribution is -2.39. The van der Waals surface area contributed by atoms with Crippen LogP contribution in [-0.4, -0.2) is 30.7 Å². The average molecular weight is 357 g/mol. The Balaban J connectivity index is 0.000000324. The molecule has 2 fully saturated rings. The molecule has 0 bridgehead atoms. The molecule has 1 atom stereocenters. The molecule has 25 heavy (non-hydrogen) atoms. The first-order valence-electron chi connectivity index (χ1n) is 11.1. The topological polar surface area (TPSA) is 38.7 Å². The van der Waals surface area contributed by atoms with Crippen molar-refractivity contribution in [3.8, 4) is 0 Å². The molecule has 3 nitrogen and oxygen atoms in total. The molecule has 150 valence electrons. The summed E-state index contributed by atoms with van der Waals surface area (Å²) >= 11 is 0. The monoisotopic (exact) mass is 356 g/mol. The van der Waals surface area contributed by atoms with Crippen molar-refractivity contribution in [1.82, 2.24) is 0 Å². The SMILES string of the molecule is CC1(O)COCCO1.CCCCCCCCCCCCC1CCCC1. The third-order valence-electron chi connectivity index (χ3n) is 5.45. The van der Waals surface area contributed by atoms with Crippen LogP contribution < -0.4 is 0 Å². The number of ether oxygens (including phenoxy) is 2. The van der Waals surface area contributed by atoms with Crippen molar-refractivity contribution in [2.45, 2.75) is 116 Å². The largest absolute Gasteiger partial charge is 0.373 e. The molecular formula is C22H44O3. The van der Waals surface area contributed by atoms with Crippen molar-refractivity contribution in [2.75, 3.05) is 19.8 Å². The van der Waals surface area contributed by atoms with Gasteiger partial charge in [-0.2, -0.15) is 0 Å². The number of hydrogen-bond acceptors (Lipinski definition) is 3. The second-order valence-electron chi connectivity index (χ2n) is 8.20. The molecule has 0 aromatic carbocycles. The molecule has 3 heteroatoms. The van der Waals surface area contributed by atoms with Gasteiger partial charge in [-0.3, -0.25) is 0 Å². The Hall–Kier alpha value is -0.120. The second-order valence-corrected chi connectivity index (χ2v) is 8.20. The summed E-state index contributed by atoms with van der Waals surface area (Å²) in [5.74, 6) is 0.0715. The molecule has 1 heterocycles. The van der Waals surface area contributed by atoms with Crippen LogP contribution in [0.5, 0.6) is 0 Å². The zero-order valence-corrected chi connectivity index (χ0v) is 17.1. The molecule has 1 aliphatic carbocycles. The van der Waals surface area contributed by atoms with E-state index in [2.05, 4.69) is 6.92 Å². The first-order chi connectivity index (χ1) is 12.1. The maximum absolute atomic E-state index is 9.03. The Bertz CT molecular complexity index is 277. The van der Waals surface area contributed by atoms with Crippen LogP contribution in [0.25, 0.3) is 0 Å². The standard InChI is InChI=1S/C17H34.C5H10O3/c1-2-3-4-5-6-7-8-9-10-11-14-17-15-12-13-16-17;1-5(6)4-7-2-3-8-5/h17H,2-16H2,1H3;6H,2-4H2,1H3. The van der Waals surface area contributed by atoms with Crippen LogP contribution in [0.2, 0.25) is 0 Å². The van der Waals surface area contributed by atoms with Crippen LogP contribution in [0.15, 0.2) is 0 Å². The van der Waals surface area contributed by atoms with Crippen molar-refractivity contribution >= 4 is 0 Å². The summed E-state index contributed by atoms with van der Waals surface area (Å²) in [4.78, 5) is 0. The van der Waals surface area contributed by atoms with Crippen LogP contribution in [0, 0.1) is 5.92 Å². The fraction of sp³-hybridized carbons (Fsp3) is 1.00. The van der Waals surface area contributed by atoms with Gasteiger partial charge in [-0.15, -0.1) is 0 Å². The molecule has 1 saturated carbocycles. The van der Waals surface area contributed by atoms with Crippen LogP contribution in [0.1, 0.15) is 110 Å². The first kappa shape index (κ1) is 22.9. The van der Waals surface area contributed by atoms with E-state index in [-0.39, 0.29) is 6.61 Å². The smallest absolute Gasteiger partial charge is 0.186 e. The Labute approximate surface area is 156 Å². The van der Waals surface area contributed by atoms with Gasteiger partial charge in [-0.1, -0.05) is 103 Å². The van der Waals surface area contributed by atoms with Crippen molar-refractivity contribution in [3.05, 3.63) is 0 Å². The maximum Gasteiger partial charge on any atom is 0.186 e. The van der Waals surface area contributed by atoms with Crippen LogP contribution in [0.4, 0.5) is 0 Å². The fourth-order valence-electron chi connectivity index (χ4n) is 3.84. The molecule has 2 aliphatic rings. The minimum atomic E-state index is -1.04. The molecule has 2 rings (SSSR count). The van der Waals surface area contributed by atoms with Crippen molar-refractivity contribution < 1.29 is 14.6 Å². The van der Waals surface area contributed by atoms with E-state index in [0.717, 1.165) is 5.92 Å². The molecule has 0 spiro atoms. The highest BCUT2D eigenvalue weighted by molar-refractivity contribution is 4.67. The van der Waals surface area contributed by atoms with Crippen molar-refractivity contribution in [3.63, 3.8) is 0 Å². The molecular weight excluding hydrogens is 312 g/mol. The Morgan fingerprint density at radius 2 is 1.40 bits per heavy atom. The van der Waals surface area contributed by atoms with E-state index in [4.69, 9.17) is 14.6 Å². The van der Waals surface area contributed by atoms with Gasteiger partial charge in [-0.05, 0) is 12.8 Å². The van der Waals surface area contributed by atoms with E-state index in [9.17, 15) is 0 Å². The van der Waals surface area contributed by atoms with Gasteiger partial charge in [0.1, 0.15) is 6.61 Å². The van der Waals surface area contributed by atoms with E-state index < -0.39 is 5.79 Å². The molecule has 1 aliphatic heterocycles. The average Bonchev–Trinajstić information content (AvgIpc) is 3.10. The summed E-state index contributed by atoms with van der Waals surface area (Å²) in [7, 11) is 0. The number of hydrogen-bond donors (Lipinski definition) is 1. The molecule has 1 unspecified atom stereocenters. The van der Waals surface area contributed by atoms with Crippen LogP contribution in [-0.2, 0) is 9.47 Å². The first-order valence-corrected chi connectivity index (χ1v) is 11.1. The van der Waals surface area contributed by atoms with Crippen molar-refractivity contribution in [1.29, 1.82) is 0 Å². The lowest BCUT2D eigenvalue weighted by atomic mass is 9.99. The van der Waals surface area contributed by atoms with E-state index in [1.807, 2.05) is 0 Å². The summed E-state index contributed by atoms with van der Waals surface area (Å²) in [6, 6.07) is 0. The van der Waals surface area contributed by atoms with E-state index in [0.29, 0.717) is 13.2 Å². The molecule has 1 saturated heterocycles. The zero-order valence-electron chi connectivity index (χ0n) is 17.1. The minimum Gasteiger partial charge on any atom is -0.373 e. The summed E-state index contributed by atoms with van der Waals surface area (Å²) in [5, 5.41) is 9.03. The quantitative estimate of drug-likeness (QED) is 0.446. The zero-order chi connectivity index (χ0) is 18.2. The van der Waals surface area contributed by atoms with Gasteiger partial charge in [-0.25, -0.2) is 0 Å². The summed E-state index contributed by atoms with van der Waals surface area (Å²) in [6.45, 7) is 5.26. The predicted octanol–water partition coefficient (Wildman–Crippen LogP) is 6.23.